The number of carbonyl (C=O) groups is 2. The lowest BCUT2D eigenvalue weighted by molar-refractivity contribution is -0.142. The topological polar surface area (TPSA) is 83.1 Å². The number of hydrogen-bond acceptors (Lipinski definition) is 6. The molecule has 7 nitrogen and oxygen atoms in total. The van der Waals surface area contributed by atoms with E-state index in [1.54, 1.807) is 36.4 Å². The lowest BCUT2D eigenvalue weighted by Crippen LogP contribution is -2.20. The van der Waals surface area contributed by atoms with Gasteiger partial charge in [-0.3, -0.25) is 4.79 Å². The zero-order valence-electron chi connectivity index (χ0n) is 15.4. The van der Waals surface area contributed by atoms with Crippen molar-refractivity contribution in [3.8, 4) is 17.2 Å². The van der Waals surface area contributed by atoms with Gasteiger partial charge in [-0.05, 0) is 35.9 Å². The van der Waals surface area contributed by atoms with Gasteiger partial charge in [0.05, 0.1) is 21.3 Å². The van der Waals surface area contributed by atoms with Gasteiger partial charge in [-0.2, -0.15) is 0 Å². The molecule has 2 rings (SSSR count). The second-order valence-electron chi connectivity index (χ2n) is 5.31. The van der Waals surface area contributed by atoms with Crippen LogP contribution in [-0.2, 0) is 14.3 Å². The van der Waals surface area contributed by atoms with Crippen molar-refractivity contribution in [1.82, 2.24) is 0 Å². The van der Waals surface area contributed by atoms with Crippen molar-refractivity contribution in [2.24, 2.45) is 0 Å². The normalized spacial score (nSPS) is 10.3. The van der Waals surface area contributed by atoms with E-state index in [0.29, 0.717) is 28.5 Å². The zero-order chi connectivity index (χ0) is 19.6. The highest BCUT2D eigenvalue weighted by Crippen LogP contribution is 2.38. The van der Waals surface area contributed by atoms with E-state index in [2.05, 4.69) is 5.32 Å². The van der Waals surface area contributed by atoms with Crippen LogP contribution in [0.3, 0.4) is 0 Å². The van der Waals surface area contributed by atoms with Crippen LogP contribution in [0.2, 0.25) is 0 Å². The molecule has 0 unspecified atom stereocenters. The molecule has 2 aromatic carbocycles. The molecule has 1 N–H and O–H groups in total. The fraction of sp³-hybridized carbons (Fsp3) is 0.200. The van der Waals surface area contributed by atoms with Crippen LogP contribution >= 0.6 is 0 Å². The van der Waals surface area contributed by atoms with Gasteiger partial charge in [-0.1, -0.05) is 18.2 Å². The van der Waals surface area contributed by atoms with Crippen molar-refractivity contribution >= 4 is 23.6 Å². The van der Waals surface area contributed by atoms with Crippen molar-refractivity contribution in [2.75, 3.05) is 33.3 Å². The Hall–Kier alpha value is -3.48. The maximum absolute atomic E-state index is 11.8. The third kappa shape index (κ3) is 5.78. The maximum atomic E-state index is 11.8. The molecule has 0 heterocycles. The number of rotatable bonds is 8. The summed E-state index contributed by atoms with van der Waals surface area (Å²) in [7, 11) is 4.52. The van der Waals surface area contributed by atoms with Crippen molar-refractivity contribution in [3.05, 3.63) is 54.1 Å². The van der Waals surface area contributed by atoms with Crippen molar-refractivity contribution in [2.45, 2.75) is 0 Å². The van der Waals surface area contributed by atoms with Gasteiger partial charge < -0.3 is 24.3 Å². The van der Waals surface area contributed by atoms with Crippen LogP contribution in [0.5, 0.6) is 17.2 Å². The molecular weight excluding hydrogens is 350 g/mol. The van der Waals surface area contributed by atoms with Crippen LogP contribution in [0, 0.1) is 0 Å². The molecule has 0 atom stereocenters. The first-order valence-corrected chi connectivity index (χ1v) is 8.07. The quantitative estimate of drug-likeness (QED) is 0.567. The second-order valence-corrected chi connectivity index (χ2v) is 5.31. The summed E-state index contributed by atoms with van der Waals surface area (Å²) in [5.74, 6) is 0.319. The fourth-order valence-corrected chi connectivity index (χ4v) is 2.27. The van der Waals surface area contributed by atoms with Crippen LogP contribution < -0.4 is 19.5 Å². The highest BCUT2D eigenvalue weighted by atomic mass is 16.5. The summed E-state index contributed by atoms with van der Waals surface area (Å²) < 4.78 is 20.7. The summed E-state index contributed by atoms with van der Waals surface area (Å²) in [6.07, 6.45) is 2.75. The van der Waals surface area contributed by atoms with Gasteiger partial charge in [0.1, 0.15) is 0 Å². The molecule has 2 aromatic rings. The monoisotopic (exact) mass is 371 g/mol. The van der Waals surface area contributed by atoms with E-state index < -0.39 is 11.9 Å². The summed E-state index contributed by atoms with van der Waals surface area (Å²) in [5, 5.41) is 2.63. The van der Waals surface area contributed by atoms with Crippen LogP contribution in [-0.4, -0.2) is 39.8 Å². The summed E-state index contributed by atoms with van der Waals surface area (Å²) in [5.41, 5.74) is 1.28. The van der Waals surface area contributed by atoms with Gasteiger partial charge in [0, 0.05) is 11.8 Å². The lowest BCUT2D eigenvalue weighted by Gasteiger charge is -2.12. The Labute approximate surface area is 157 Å². The molecule has 0 saturated carbocycles. The van der Waals surface area contributed by atoms with Crippen LogP contribution in [0.1, 0.15) is 5.56 Å². The third-order valence-corrected chi connectivity index (χ3v) is 3.50. The fourth-order valence-electron chi connectivity index (χ4n) is 2.27. The summed E-state index contributed by atoms with van der Waals surface area (Å²) in [6.45, 7) is -0.382. The van der Waals surface area contributed by atoms with Crippen molar-refractivity contribution in [3.63, 3.8) is 0 Å². The third-order valence-electron chi connectivity index (χ3n) is 3.50. The Balaban J connectivity index is 1.95. The van der Waals surface area contributed by atoms with Gasteiger partial charge in [0.15, 0.2) is 18.1 Å². The SMILES string of the molecule is COc1cc(C=CC(=O)OCC(=O)Nc2ccccc2)cc(OC)c1OC. The molecule has 1 amide bonds. The van der Waals surface area contributed by atoms with Gasteiger partial charge in [-0.25, -0.2) is 4.79 Å². The molecule has 0 bridgehead atoms. The minimum absolute atomic E-state index is 0.382. The predicted octanol–water partition coefficient (Wildman–Crippen LogP) is 2.91. The standard InChI is InChI=1S/C20H21NO6/c1-24-16-11-14(12-17(25-2)20(16)26-3)9-10-19(23)27-13-18(22)21-15-7-5-4-6-8-15/h4-12H,13H2,1-3H3,(H,21,22). The first kappa shape index (κ1) is 19.8. The van der Waals surface area contributed by atoms with Crippen LogP contribution in [0.25, 0.3) is 6.08 Å². The first-order chi connectivity index (χ1) is 13.1. The highest BCUT2D eigenvalue weighted by Gasteiger charge is 2.12. The lowest BCUT2D eigenvalue weighted by atomic mass is 10.1. The molecule has 0 radical (unpaired) electrons. The van der Waals surface area contributed by atoms with E-state index in [1.807, 2.05) is 6.07 Å². The number of nitrogens with one attached hydrogen (secondary N) is 1. The molecule has 0 aliphatic carbocycles. The molecular formula is C20H21NO6. The summed E-state index contributed by atoms with van der Waals surface area (Å²) in [6, 6.07) is 12.3. The predicted molar refractivity (Wildman–Crippen MR) is 101 cm³/mol. The van der Waals surface area contributed by atoms with E-state index in [4.69, 9.17) is 18.9 Å². The van der Waals surface area contributed by atoms with E-state index in [-0.39, 0.29) is 6.61 Å². The molecule has 0 spiro atoms. The molecule has 142 valence electrons. The largest absolute Gasteiger partial charge is 0.493 e. The number of esters is 1. The van der Waals surface area contributed by atoms with Crippen molar-refractivity contribution < 1.29 is 28.5 Å². The van der Waals surface area contributed by atoms with Gasteiger partial charge >= 0.3 is 5.97 Å². The minimum atomic E-state index is -0.646. The molecule has 0 aromatic heterocycles. The molecule has 0 aliphatic heterocycles. The van der Waals surface area contributed by atoms with Gasteiger partial charge in [0.25, 0.3) is 5.91 Å². The van der Waals surface area contributed by atoms with E-state index in [0.717, 1.165) is 0 Å². The molecule has 7 heteroatoms. The number of amides is 1. The smallest absolute Gasteiger partial charge is 0.331 e. The van der Waals surface area contributed by atoms with E-state index in [1.165, 1.54) is 33.5 Å². The number of anilines is 1. The number of para-hydroxylation sites is 1. The molecule has 0 fully saturated rings. The second kappa shape index (κ2) is 9.86. The van der Waals surface area contributed by atoms with Crippen LogP contribution in [0.15, 0.2) is 48.5 Å². The summed E-state index contributed by atoms with van der Waals surface area (Å²) in [4.78, 5) is 23.6. The first-order valence-electron chi connectivity index (χ1n) is 8.07. The minimum Gasteiger partial charge on any atom is -0.493 e. The van der Waals surface area contributed by atoms with Crippen LogP contribution in [0.4, 0.5) is 5.69 Å². The Bertz CT molecular complexity index is 791. The Morgan fingerprint density at radius 1 is 0.963 bits per heavy atom. The average molecular weight is 371 g/mol. The zero-order valence-corrected chi connectivity index (χ0v) is 15.4. The number of methoxy groups -OCH3 is 3. The summed E-state index contributed by atoms with van der Waals surface area (Å²) >= 11 is 0. The number of benzene rings is 2. The maximum Gasteiger partial charge on any atom is 0.331 e. The molecule has 0 saturated heterocycles. The Morgan fingerprint density at radius 3 is 2.15 bits per heavy atom. The van der Waals surface area contributed by atoms with Gasteiger partial charge in [0.2, 0.25) is 5.75 Å². The highest BCUT2D eigenvalue weighted by molar-refractivity contribution is 5.94. The number of hydrogen-bond donors (Lipinski definition) is 1. The van der Waals surface area contributed by atoms with Crippen molar-refractivity contribution in [1.29, 1.82) is 0 Å². The van der Waals surface area contributed by atoms with E-state index >= 15 is 0 Å². The Kier molecular flexibility index (Phi) is 7.25. The molecule has 27 heavy (non-hydrogen) atoms. The Morgan fingerprint density at radius 2 is 1.59 bits per heavy atom. The average Bonchev–Trinajstić information content (AvgIpc) is 2.70. The molecule has 0 aliphatic rings. The number of ether oxygens (including phenoxy) is 4. The number of carbonyl (C=O) groups excluding carboxylic acids is 2. The van der Waals surface area contributed by atoms with Gasteiger partial charge in [-0.15, -0.1) is 0 Å². The van der Waals surface area contributed by atoms with E-state index in [9.17, 15) is 9.59 Å².